The van der Waals surface area contributed by atoms with Crippen molar-refractivity contribution in [2.75, 3.05) is 24.6 Å². The van der Waals surface area contributed by atoms with Gasteiger partial charge in [-0.05, 0) is 13.3 Å². The Morgan fingerprint density at radius 2 is 2.06 bits per heavy atom. The van der Waals surface area contributed by atoms with Crippen molar-refractivity contribution in [2.45, 2.75) is 13.3 Å². The van der Waals surface area contributed by atoms with E-state index >= 15 is 0 Å². The Morgan fingerprint density at radius 3 is 2.78 bits per heavy atom. The molecule has 1 aromatic heterocycles. The van der Waals surface area contributed by atoms with Crippen LogP contribution in [0.1, 0.15) is 12.1 Å². The lowest BCUT2D eigenvalue weighted by Gasteiger charge is -2.18. The molecule has 1 aliphatic rings. The molecule has 0 spiro atoms. The largest absolute Gasteiger partial charge is 0.396 e. The van der Waals surface area contributed by atoms with Crippen LogP contribution < -0.4 is 4.90 Å². The Hall–Kier alpha value is -1.68. The van der Waals surface area contributed by atoms with E-state index in [1.165, 1.54) is 0 Å². The molecule has 1 aliphatic heterocycles. The van der Waals surface area contributed by atoms with Crippen LogP contribution >= 0.6 is 0 Å². The van der Waals surface area contributed by atoms with Gasteiger partial charge in [0.2, 0.25) is 0 Å². The van der Waals surface area contributed by atoms with Crippen LogP contribution in [0.15, 0.2) is 24.3 Å². The van der Waals surface area contributed by atoms with E-state index < -0.39 is 0 Å². The predicted molar refractivity (Wildman–Crippen MR) is 71.7 cm³/mol. The summed E-state index contributed by atoms with van der Waals surface area (Å²) in [5, 5.41) is 20.1. The minimum absolute atomic E-state index is 0.258. The SMILES string of the molecule is Cc1nnc(N2CCC(CO)C2)c2ccccc12. The van der Waals surface area contributed by atoms with Crippen LogP contribution in [0.25, 0.3) is 10.8 Å². The normalized spacial score (nSPS) is 19.7. The summed E-state index contributed by atoms with van der Waals surface area (Å²) in [5.74, 6) is 1.32. The standard InChI is InChI=1S/C14H17N3O/c1-10-12-4-2-3-5-13(12)14(16-15-10)17-7-6-11(8-17)9-18/h2-5,11,18H,6-9H2,1H3. The first-order valence-electron chi connectivity index (χ1n) is 6.37. The molecule has 2 aromatic rings. The first-order chi connectivity index (χ1) is 8.79. The van der Waals surface area contributed by atoms with Crippen LogP contribution in [0.2, 0.25) is 0 Å². The van der Waals surface area contributed by atoms with E-state index in [9.17, 15) is 5.11 Å². The number of benzene rings is 1. The third kappa shape index (κ3) is 1.82. The number of aliphatic hydroxyl groups is 1. The van der Waals surface area contributed by atoms with Crippen LogP contribution in [-0.2, 0) is 0 Å². The van der Waals surface area contributed by atoms with Crippen molar-refractivity contribution in [3.05, 3.63) is 30.0 Å². The second-order valence-electron chi connectivity index (χ2n) is 4.94. The molecular weight excluding hydrogens is 226 g/mol. The summed E-state index contributed by atoms with van der Waals surface area (Å²) in [5.41, 5.74) is 0.965. The molecule has 0 bridgehead atoms. The van der Waals surface area contributed by atoms with Crippen molar-refractivity contribution >= 4 is 16.6 Å². The molecule has 1 unspecified atom stereocenters. The average Bonchev–Trinajstić information content (AvgIpc) is 2.88. The van der Waals surface area contributed by atoms with Gasteiger partial charge < -0.3 is 10.0 Å². The van der Waals surface area contributed by atoms with Gasteiger partial charge >= 0.3 is 0 Å². The lowest BCUT2D eigenvalue weighted by molar-refractivity contribution is 0.238. The molecular formula is C14H17N3O. The zero-order valence-electron chi connectivity index (χ0n) is 10.5. The number of hydrogen-bond donors (Lipinski definition) is 1. The summed E-state index contributed by atoms with van der Waals surface area (Å²) in [6, 6.07) is 8.24. The van der Waals surface area contributed by atoms with Crippen LogP contribution in [0.3, 0.4) is 0 Å². The van der Waals surface area contributed by atoms with Crippen LogP contribution in [0, 0.1) is 12.8 Å². The van der Waals surface area contributed by atoms with Gasteiger partial charge in [-0.2, -0.15) is 5.10 Å². The fourth-order valence-corrected chi connectivity index (χ4v) is 2.63. The average molecular weight is 243 g/mol. The highest BCUT2D eigenvalue weighted by molar-refractivity contribution is 5.93. The van der Waals surface area contributed by atoms with E-state index in [-0.39, 0.29) is 6.61 Å². The third-order valence-corrected chi connectivity index (χ3v) is 3.70. The highest BCUT2D eigenvalue weighted by atomic mass is 16.3. The molecule has 4 nitrogen and oxygen atoms in total. The lowest BCUT2D eigenvalue weighted by Crippen LogP contribution is -2.22. The Labute approximate surface area is 106 Å². The lowest BCUT2D eigenvalue weighted by atomic mass is 10.1. The molecule has 0 saturated carbocycles. The minimum atomic E-state index is 0.258. The summed E-state index contributed by atoms with van der Waals surface area (Å²) in [4.78, 5) is 2.23. The van der Waals surface area contributed by atoms with Gasteiger partial charge in [-0.15, -0.1) is 5.10 Å². The highest BCUT2D eigenvalue weighted by Crippen LogP contribution is 2.29. The van der Waals surface area contributed by atoms with Gasteiger partial charge in [0.1, 0.15) is 0 Å². The van der Waals surface area contributed by atoms with Crippen molar-refractivity contribution in [2.24, 2.45) is 5.92 Å². The number of aromatic nitrogens is 2. The molecule has 0 amide bonds. The van der Waals surface area contributed by atoms with Gasteiger partial charge in [0.15, 0.2) is 5.82 Å². The molecule has 0 aliphatic carbocycles. The van der Waals surface area contributed by atoms with E-state index in [2.05, 4.69) is 27.2 Å². The molecule has 3 rings (SSSR count). The van der Waals surface area contributed by atoms with Crippen molar-refractivity contribution in [1.82, 2.24) is 10.2 Å². The summed E-state index contributed by atoms with van der Waals surface area (Å²) in [6.07, 6.45) is 1.03. The zero-order valence-corrected chi connectivity index (χ0v) is 10.5. The first kappa shape index (κ1) is 11.4. The maximum Gasteiger partial charge on any atom is 0.159 e. The van der Waals surface area contributed by atoms with Gasteiger partial charge in [-0.25, -0.2) is 0 Å². The molecule has 2 heterocycles. The van der Waals surface area contributed by atoms with Gasteiger partial charge in [0.25, 0.3) is 0 Å². The second-order valence-corrected chi connectivity index (χ2v) is 4.94. The number of fused-ring (bicyclic) bond motifs is 1. The van der Waals surface area contributed by atoms with E-state index in [0.717, 1.165) is 41.8 Å². The predicted octanol–water partition coefficient (Wildman–Crippen LogP) is 1.76. The highest BCUT2D eigenvalue weighted by Gasteiger charge is 2.24. The quantitative estimate of drug-likeness (QED) is 0.873. The third-order valence-electron chi connectivity index (χ3n) is 3.70. The molecule has 1 fully saturated rings. The summed E-state index contributed by atoms with van der Waals surface area (Å²) in [6.45, 7) is 4.07. The fourth-order valence-electron chi connectivity index (χ4n) is 2.63. The Kier molecular flexibility index (Phi) is 2.88. The van der Waals surface area contributed by atoms with Gasteiger partial charge in [-0.1, -0.05) is 24.3 Å². The number of nitrogens with zero attached hydrogens (tertiary/aromatic N) is 3. The zero-order chi connectivity index (χ0) is 12.5. The minimum Gasteiger partial charge on any atom is -0.396 e. The van der Waals surface area contributed by atoms with E-state index in [1.807, 2.05) is 19.1 Å². The van der Waals surface area contributed by atoms with E-state index in [1.54, 1.807) is 0 Å². The number of rotatable bonds is 2. The van der Waals surface area contributed by atoms with Gasteiger partial charge in [-0.3, -0.25) is 0 Å². The molecule has 1 N–H and O–H groups in total. The first-order valence-corrected chi connectivity index (χ1v) is 6.37. The van der Waals surface area contributed by atoms with Crippen LogP contribution in [0.5, 0.6) is 0 Å². The summed E-state index contributed by atoms with van der Waals surface area (Å²) >= 11 is 0. The van der Waals surface area contributed by atoms with Crippen molar-refractivity contribution in [3.63, 3.8) is 0 Å². The molecule has 18 heavy (non-hydrogen) atoms. The van der Waals surface area contributed by atoms with Crippen molar-refractivity contribution < 1.29 is 5.11 Å². The molecule has 1 atom stereocenters. The van der Waals surface area contributed by atoms with E-state index in [0.29, 0.717) is 5.92 Å². The maximum atomic E-state index is 9.23. The molecule has 0 radical (unpaired) electrons. The number of anilines is 1. The smallest absolute Gasteiger partial charge is 0.159 e. The van der Waals surface area contributed by atoms with Gasteiger partial charge in [0, 0.05) is 36.4 Å². The Bertz CT molecular complexity index is 570. The fraction of sp³-hybridized carbons (Fsp3) is 0.429. The molecule has 4 heteroatoms. The molecule has 1 aromatic carbocycles. The van der Waals surface area contributed by atoms with Gasteiger partial charge in [0.05, 0.1) is 5.69 Å². The molecule has 1 saturated heterocycles. The summed E-state index contributed by atoms with van der Waals surface area (Å²) in [7, 11) is 0. The van der Waals surface area contributed by atoms with Crippen molar-refractivity contribution in [3.8, 4) is 0 Å². The monoisotopic (exact) mass is 243 g/mol. The Balaban J connectivity index is 2.05. The second kappa shape index (κ2) is 4.53. The number of hydrogen-bond acceptors (Lipinski definition) is 4. The molecule has 94 valence electrons. The maximum absolute atomic E-state index is 9.23. The summed E-state index contributed by atoms with van der Waals surface area (Å²) < 4.78 is 0. The van der Waals surface area contributed by atoms with Crippen molar-refractivity contribution in [1.29, 1.82) is 0 Å². The topological polar surface area (TPSA) is 49.2 Å². The Morgan fingerprint density at radius 1 is 1.28 bits per heavy atom. The van der Waals surface area contributed by atoms with E-state index in [4.69, 9.17) is 0 Å². The number of aliphatic hydroxyl groups excluding tert-OH is 1. The van der Waals surface area contributed by atoms with Crippen LogP contribution in [-0.4, -0.2) is 35.0 Å². The number of aryl methyl sites for hydroxylation is 1. The van der Waals surface area contributed by atoms with Crippen LogP contribution in [0.4, 0.5) is 5.82 Å².